The maximum absolute atomic E-state index is 13.1. The van der Waals surface area contributed by atoms with E-state index >= 15 is 0 Å². The van der Waals surface area contributed by atoms with Gasteiger partial charge in [-0.15, -0.1) is 0 Å². The molecule has 178 valence electrons. The lowest BCUT2D eigenvalue weighted by Crippen LogP contribution is -2.48. The van der Waals surface area contributed by atoms with Crippen LogP contribution < -0.4 is 0 Å². The fourth-order valence-electron chi connectivity index (χ4n) is 3.65. The van der Waals surface area contributed by atoms with Gasteiger partial charge < -0.3 is 4.90 Å². The van der Waals surface area contributed by atoms with Crippen molar-refractivity contribution in [1.82, 2.24) is 19.1 Å². The number of carbonyl (C=O) groups is 1. The first-order valence-electron chi connectivity index (χ1n) is 11.1. The van der Waals surface area contributed by atoms with Gasteiger partial charge in [0.1, 0.15) is 4.90 Å². The molecule has 1 saturated heterocycles. The minimum absolute atomic E-state index is 0.0115. The number of carbonyl (C=O) groups excluding carboxylic acids is 1. The molecule has 9 heteroatoms. The molecule has 33 heavy (non-hydrogen) atoms. The first-order valence-corrected chi connectivity index (χ1v) is 13.5. The van der Waals surface area contributed by atoms with E-state index in [0.29, 0.717) is 44.3 Å². The van der Waals surface area contributed by atoms with Crippen LogP contribution in [0.3, 0.4) is 0 Å². The third-order valence-corrected chi connectivity index (χ3v) is 8.28. The Morgan fingerprint density at radius 3 is 2.39 bits per heavy atom. The largest absolute Gasteiger partial charge is 0.338 e. The molecule has 1 aliphatic rings. The van der Waals surface area contributed by atoms with Crippen molar-refractivity contribution in [2.24, 2.45) is 0 Å². The summed E-state index contributed by atoms with van der Waals surface area (Å²) < 4.78 is 27.6. The number of amides is 1. The second-order valence-electron chi connectivity index (χ2n) is 8.15. The summed E-state index contributed by atoms with van der Waals surface area (Å²) >= 11 is 1.31. The lowest BCUT2D eigenvalue weighted by atomic mass is 10.2. The smallest absolute Gasteiger partial charge is 0.244 e. The lowest BCUT2D eigenvalue weighted by molar-refractivity contribution is -0.127. The molecule has 1 aliphatic heterocycles. The molecule has 0 saturated carbocycles. The number of benzene rings is 1. The van der Waals surface area contributed by atoms with Crippen LogP contribution in [0.25, 0.3) is 0 Å². The molecule has 1 fully saturated rings. The highest BCUT2D eigenvalue weighted by Gasteiger charge is 2.28. The highest BCUT2D eigenvalue weighted by molar-refractivity contribution is 7.99. The molecule has 1 aromatic heterocycles. The van der Waals surface area contributed by atoms with Gasteiger partial charge in [-0.2, -0.15) is 4.31 Å². The van der Waals surface area contributed by atoms with Gasteiger partial charge in [-0.25, -0.2) is 13.4 Å². The summed E-state index contributed by atoms with van der Waals surface area (Å²) in [6.45, 7) is 12.0. The Morgan fingerprint density at radius 1 is 1.12 bits per heavy atom. The normalized spacial score (nSPS) is 15.3. The van der Waals surface area contributed by atoms with Crippen molar-refractivity contribution in [2.45, 2.75) is 30.3 Å². The van der Waals surface area contributed by atoms with Gasteiger partial charge in [-0.3, -0.25) is 9.69 Å². The second kappa shape index (κ2) is 11.8. The molecule has 0 atom stereocenters. The first-order chi connectivity index (χ1) is 15.8. The predicted molar refractivity (Wildman–Crippen MR) is 133 cm³/mol. The number of likely N-dealkylation sites (N-methyl/N-ethyl adjacent to an activating group) is 1. The van der Waals surface area contributed by atoms with Crippen LogP contribution in [0.5, 0.6) is 0 Å². The van der Waals surface area contributed by atoms with Crippen molar-refractivity contribution in [1.29, 1.82) is 0 Å². The Kier molecular flexibility index (Phi) is 9.08. The third kappa shape index (κ3) is 7.14. The van der Waals surface area contributed by atoms with Crippen LogP contribution in [0.15, 0.2) is 70.7 Å². The fraction of sp³-hybridized carbons (Fsp3) is 0.417. The van der Waals surface area contributed by atoms with E-state index in [0.717, 1.165) is 12.1 Å². The molecular formula is C24H32N4O3S2. The van der Waals surface area contributed by atoms with Gasteiger partial charge in [-0.05, 0) is 31.5 Å². The van der Waals surface area contributed by atoms with Crippen LogP contribution in [-0.4, -0.2) is 78.4 Å². The average Bonchev–Trinajstić information content (AvgIpc) is 2.82. The molecule has 2 aromatic rings. The zero-order valence-electron chi connectivity index (χ0n) is 19.3. The van der Waals surface area contributed by atoms with E-state index < -0.39 is 10.0 Å². The standard InChI is InChI=1S/C24H32N4O3S2/c1-4-27(17-20(2)3)24(29)19-32-23-11-10-22(16-25-23)33(30,31)28-14-12-26(13-15-28)18-21-8-6-5-7-9-21/h5-11,16H,2,4,12-15,17-19H2,1,3H3. The zero-order valence-corrected chi connectivity index (χ0v) is 20.9. The summed E-state index contributed by atoms with van der Waals surface area (Å²) in [6, 6.07) is 13.5. The maximum atomic E-state index is 13.1. The van der Waals surface area contributed by atoms with E-state index in [4.69, 9.17) is 0 Å². The highest BCUT2D eigenvalue weighted by Crippen LogP contribution is 2.21. The van der Waals surface area contributed by atoms with Crippen LogP contribution in [-0.2, 0) is 21.4 Å². The Balaban J connectivity index is 1.53. The third-order valence-electron chi connectivity index (χ3n) is 5.47. The molecule has 1 aromatic carbocycles. The zero-order chi connectivity index (χ0) is 23.8. The fourth-order valence-corrected chi connectivity index (χ4v) is 5.77. The van der Waals surface area contributed by atoms with E-state index in [1.165, 1.54) is 27.8 Å². The number of hydrogen-bond acceptors (Lipinski definition) is 6. The lowest BCUT2D eigenvalue weighted by Gasteiger charge is -2.33. The van der Waals surface area contributed by atoms with Gasteiger partial charge in [0, 0.05) is 52.0 Å². The van der Waals surface area contributed by atoms with Crippen molar-refractivity contribution in [3.05, 3.63) is 66.4 Å². The van der Waals surface area contributed by atoms with E-state index in [1.54, 1.807) is 17.0 Å². The second-order valence-corrected chi connectivity index (χ2v) is 11.1. The van der Waals surface area contributed by atoms with Crippen molar-refractivity contribution in [3.63, 3.8) is 0 Å². The molecule has 0 spiro atoms. The minimum atomic E-state index is -3.59. The monoisotopic (exact) mass is 488 g/mol. The van der Waals surface area contributed by atoms with Crippen LogP contribution in [0.2, 0.25) is 0 Å². The summed E-state index contributed by atoms with van der Waals surface area (Å²) in [5.41, 5.74) is 2.16. The topological polar surface area (TPSA) is 73.8 Å². The number of pyridine rings is 1. The number of aromatic nitrogens is 1. The Labute approximate surface area is 201 Å². The number of sulfonamides is 1. The molecule has 0 bridgehead atoms. The van der Waals surface area contributed by atoms with E-state index in [9.17, 15) is 13.2 Å². The van der Waals surface area contributed by atoms with Crippen LogP contribution in [0.1, 0.15) is 19.4 Å². The van der Waals surface area contributed by atoms with E-state index in [1.807, 2.05) is 32.0 Å². The van der Waals surface area contributed by atoms with Gasteiger partial charge >= 0.3 is 0 Å². The van der Waals surface area contributed by atoms with Gasteiger partial charge in [0.25, 0.3) is 0 Å². The summed E-state index contributed by atoms with van der Waals surface area (Å²) in [5.74, 6) is 0.265. The molecular weight excluding hydrogens is 456 g/mol. The average molecular weight is 489 g/mol. The maximum Gasteiger partial charge on any atom is 0.244 e. The van der Waals surface area contributed by atoms with Gasteiger partial charge in [0.05, 0.1) is 10.8 Å². The predicted octanol–water partition coefficient (Wildman–Crippen LogP) is 3.10. The van der Waals surface area contributed by atoms with Crippen LogP contribution in [0.4, 0.5) is 0 Å². The highest BCUT2D eigenvalue weighted by atomic mass is 32.2. The number of rotatable bonds is 10. The Hall–Kier alpha value is -2.20. The molecule has 1 amide bonds. The molecule has 7 nitrogen and oxygen atoms in total. The Morgan fingerprint density at radius 2 is 1.82 bits per heavy atom. The molecule has 2 heterocycles. The summed E-state index contributed by atoms with van der Waals surface area (Å²) in [7, 11) is -3.59. The quantitative estimate of drug-likeness (QED) is 0.378. The minimum Gasteiger partial charge on any atom is -0.338 e. The first kappa shape index (κ1) is 25.4. The summed E-state index contributed by atoms with van der Waals surface area (Å²) in [4.78, 5) is 20.9. The van der Waals surface area contributed by atoms with Crippen molar-refractivity contribution >= 4 is 27.7 Å². The number of thioether (sulfide) groups is 1. The summed E-state index contributed by atoms with van der Waals surface area (Å²) in [6.07, 6.45) is 1.39. The van der Waals surface area contributed by atoms with Crippen molar-refractivity contribution < 1.29 is 13.2 Å². The SMILES string of the molecule is C=C(C)CN(CC)C(=O)CSc1ccc(S(=O)(=O)N2CCN(Cc3ccccc3)CC2)cn1. The van der Waals surface area contributed by atoms with Crippen molar-refractivity contribution in [2.75, 3.05) is 45.0 Å². The van der Waals surface area contributed by atoms with E-state index in [2.05, 4.69) is 28.6 Å². The van der Waals surface area contributed by atoms with Crippen LogP contribution >= 0.6 is 11.8 Å². The number of nitrogens with zero attached hydrogens (tertiary/aromatic N) is 4. The molecule has 0 N–H and O–H groups in total. The molecule has 3 rings (SSSR count). The Bertz CT molecular complexity index is 1040. The van der Waals surface area contributed by atoms with Gasteiger partial charge in [0.15, 0.2) is 0 Å². The van der Waals surface area contributed by atoms with Gasteiger partial charge in [0.2, 0.25) is 15.9 Å². The van der Waals surface area contributed by atoms with Gasteiger partial charge in [-0.1, -0.05) is 54.2 Å². The van der Waals surface area contributed by atoms with Crippen LogP contribution in [0, 0.1) is 0 Å². The molecule has 0 radical (unpaired) electrons. The number of hydrogen-bond donors (Lipinski definition) is 0. The summed E-state index contributed by atoms with van der Waals surface area (Å²) in [5, 5.41) is 0.626. The molecule has 0 aliphatic carbocycles. The van der Waals surface area contributed by atoms with Crippen molar-refractivity contribution in [3.8, 4) is 0 Å². The molecule has 0 unspecified atom stereocenters. The van der Waals surface area contributed by atoms with E-state index in [-0.39, 0.29) is 16.6 Å². The number of piperazine rings is 1.